The lowest BCUT2D eigenvalue weighted by atomic mass is 9.65. The summed E-state index contributed by atoms with van der Waals surface area (Å²) >= 11 is 0. The Balaban J connectivity index is 1.14. The summed E-state index contributed by atoms with van der Waals surface area (Å²) in [6.07, 6.45) is 7.18. The van der Waals surface area contributed by atoms with Crippen LogP contribution in [0.2, 0.25) is 0 Å². The molecule has 6 heteroatoms. The molecular weight excluding hydrogens is 474 g/mol. The average Bonchev–Trinajstić information content (AvgIpc) is 2.93. The highest BCUT2D eigenvalue weighted by atomic mass is 16.3. The van der Waals surface area contributed by atoms with E-state index >= 15 is 0 Å². The van der Waals surface area contributed by atoms with E-state index in [-0.39, 0.29) is 17.4 Å². The summed E-state index contributed by atoms with van der Waals surface area (Å²) < 4.78 is 0. The molecule has 204 valence electrons. The zero-order chi connectivity index (χ0) is 26.6. The second-order valence-electron chi connectivity index (χ2n) is 12.0. The van der Waals surface area contributed by atoms with Gasteiger partial charge < -0.3 is 15.7 Å². The van der Waals surface area contributed by atoms with Gasteiger partial charge in [-0.05, 0) is 60.6 Å². The van der Waals surface area contributed by atoms with Crippen LogP contribution in [0.5, 0.6) is 5.75 Å². The highest BCUT2D eigenvalue weighted by Gasteiger charge is 2.45. The second kappa shape index (κ2) is 11.7. The van der Waals surface area contributed by atoms with E-state index in [9.17, 15) is 14.7 Å². The van der Waals surface area contributed by atoms with E-state index in [1.165, 1.54) is 5.56 Å². The number of likely N-dealkylation sites (tertiary alicyclic amines) is 1. The maximum absolute atomic E-state index is 13.0. The quantitative estimate of drug-likeness (QED) is 0.465. The monoisotopic (exact) mass is 517 g/mol. The number of carbonyl (C=O) groups is 2. The minimum absolute atomic E-state index is 0.111. The molecule has 1 spiro atoms. The number of aromatic hydroxyl groups is 1. The van der Waals surface area contributed by atoms with Crippen molar-refractivity contribution in [3.8, 4) is 16.9 Å². The fourth-order valence-electron chi connectivity index (χ4n) is 6.83. The normalized spacial score (nSPS) is 26.1. The van der Waals surface area contributed by atoms with Crippen molar-refractivity contribution in [2.75, 3.05) is 26.2 Å². The van der Waals surface area contributed by atoms with Crippen LogP contribution in [0.15, 0.2) is 48.5 Å². The molecule has 2 aromatic rings. The maximum atomic E-state index is 13.0. The number of Topliss-reactive ketones (excluding diaryl/α,β-unsaturated/α-hetero) is 2. The van der Waals surface area contributed by atoms with Gasteiger partial charge in [0.25, 0.3) is 0 Å². The summed E-state index contributed by atoms with van der Waals surface area (Å²) in [5.74, 6) is 0.870. The summed E-state index contributed by atoms with van der Waals surface area (Å²) in [5, 5.41) is 17.5. The van der Waals surface area contributed by atoms with Gasteiger partial charge in [0.05, 0.1) is 0 Å². The van der Waals surface area contributed by atoms with E-state index in [0.717, 1.165) is 82.4 Å². The second-order valence-corrected chi connectivity index (χ2v) is 12.0. The van der Waals surface area contributed by atoms with Crippen molar-refractivity contribution >= 4 is 11.6 Å². The largest absolute Gasteiger partial charge is 0.508 e. The highest BCUT2D eigenvalue weighted by Crippen LogP contribution is 2.41. The Bertz CT molecular complexity index is 1130. The number of nitrogens with zero attached hydrogens (tertiary/aromatic N) is 1. The highest BCUT2D eigenvalue weighted by molar-refractivity contribution is 5.97. The van der Waals surface area contributed by atoms with Gasteiger partial charge in [-0.15, -0.1) is 0 Å². The van der Waals surface area contributed by atoms with Gasteiger partial charge >= 0.3 is 0 Å². The molecule has 1 unspecified atom stereocenters. The number of phenolic OH excluding ortho intramolecular Hbond substituents is 1. The van der Waals surface area contributed by atoms with Crippen LogP contribution in [-0.2, 0) is 16.1 Å². The Kier molecular flexibility index (Phi) is 8.32. The van der Waals surface area contributed by atoms with Gasteiger partial charge in [0.1, 0.15) is 17.3 Å². The topological polar surface area (TPSA) is 81.7 Å². The van der Waals surface area contributed by atoms with Crippen molar-refractivity contribution in [2.24, 2.45) is 5.41 Å². The molecule has 2 atom stereocenters. The van der Waals surface area contributed by atoms with Gasteiger partial charge in [-0.1, -0.05) is 50.1 Å². The lowest BCUT2D eigenvalue weighted by Crippen LogP contribution is -2.66. The number of piperazine rings is 1. The van der Waals surface area contributed by atoms with Crippen LogP contribution >= 0.6 is 0 Å². The van der Waals surface area contributed by atoms with Crippen LogP contribution in [0.1, 0.15) is 70.3 Å². The third-order valence-electron chi connectivity index (χ3n) is 9.18. The van der Waals surface area contributed by atoms with Gasteiger partial charge in [0.15, 0.2) is 0 Å². The summed E-state index contributed by atoms with van der Waals surface area (Å²) in [7, 11) is 0. The molecule has 5 rings (SSSR count). The van der Waals surface area contributed by atoms with Gasteiger partial charge in [0, 0.05) is 69.0 Å². The number of piperidine rings is 1. The fraction of sp³-hybridized carbons (Fsp3) is 0.562. The van der Waals surface area contributed by atoms with E-state index < -0.39 is 5.41 Å². The van der Waals surface area contributed by atoms with Crippen LogP contribution in [0.3, 0.4) is 0 Å². The lowest BCUT2D eigenvalue weighted by molar-refractivity contribution is -0.140. The molecule has 0 amide bonds. The molecule has 3 N–H and O–H groups in total. The molecule has 38 heavy (non-hydrogen) atoms. The average molecular weight is 518 g/mol. The Morgan fingerprint density at radius 2 is 1.79 bits per heavy atom. The smallest absolute Gasteiger partial charge is 0.139 e. The van der Waals surface area contributed by atoms with Gasteiger partial charge in [0.2, 0.25) is 0 Å². The van der Waals surface area contributed by atoms with Crippen LogP contribution in [0.25, 0.3) is 11.1 Å². The number of unbranched alkanes of at least 4 members (excludes halogenated alkanes) is 1. The van der Waals surface area contributed by atoms with Crippen LogP contribution in [-0.4, -0.2) is 59.3 Å². The number of benzene rings is 2. The molecule has 3 fully saturated rings. The SMILES string of the molecule is CCCC[C@]1(CC2CNC3(CCN(Cc4cccc(-c5cccc(O)c5)c4)CC3)CN2)CC(=O)CCC1=O. The van der Waals surface area contributed by atoms with Crippen molar-refractivity contribution < 1.29 is 14.7 Å². The number of hydrogen-bond donors (Lipinski definition) is 3. The fourth-order valence-corrected chi connectivity index (χ4v) is 6.83. The molecule has 2 heterocycles. The van der Waals surface area contributed by atoms with Gasteiger partial charge in [-0.25, -0.2) is 0 Å². The summed E-state index contributed by atoms with van der Waals surface area (Å²) in [6, 6.07) is 16.3. The van der Waals surface area contributed by atoms with Crippen LogP contribution in [0, 0.1) is 5.41 Å². The number of carbonyl (C=O) groups excluding carboxylic acids is 2. The molecule has 1 aliphatic carbocycles. The molecule has 2 aromatic carbocycles. The van der Waals surface area contributed by atoms with E-state index in [1.54, 1.807) is 6.07 Å². The standard InChI is InChI=1S/C32H43N3O3/c1-2-3-12-31(20-29(37)10-11-30(31)38)19-27-21-34-32(23-33-27)13-15-35(16-14-32)22-24-6-4-7-25(17-24)26-8-5-9-28(36)18-26/h4-9,17-18,27,33-34,36H,2-3,10-16,19-23H2,1H3/t27?,31-/m0/s1. The molecular formula is C32H43N3O3. The van der Waals surface area contributed by atoms with Crippen molar-refractivity contribution in [3.63, 3.8) is 0 Å². The number of hydrogen-bond acceptors (Lipinski definition) is 6. The minimum atomic E-state index is -0.453. The number of ketones is 2. The van der Waals surface area contributed by atoms with Gasteiger partial charge in [-0.3, -0.25) is 14.5 Å². The first-order valence-electron chi connectivity index (χ1n) is 14.5. The van der Waals surface area contributed by atoms with E-state index in [4.69, 9.17) is 0 Å². The number of phenols is 1. The minimum Gasteiger partial charge on any atom is -0.508 e. The first kappa shape index (κ1) is 27.0. The Morgan fingerprint density at radius 3 is 2.50 bits per heavy atom. The molecule has 3 aliphatic rings. The molecule has 1 saturated carbocycles. The van der Waals surface area contributed by atoms with E-state index in [1.807, 2.05) is 18.2 Å². The predicted molar refractivity (Wildman–Crippen MR) is 151 cm³/mol. The number of rotatable bonds is 8. The van der Waals surface area contributed by atoms with Crippen LogP contribution < -0.4 is 10.6 Å². The third kappa shape index (κ3) is 6.19. The van der Waals surface area contributed by atoms with Crippen molar-refractivity contribution in [2.45, 2.75) is 82.8 Å². The maximum Gasteiger partial charge on any atom is 0.139 e. The van der Waals surface area contributed by atoms with E-state index in [2.05, 4.69) is 46.7 Å². The molecule has 0 radical (unpaired) electrons. The van der Waals surface area contributed by atoms with E-state index in [0.29, 0.717) is 30.8 Å². The first-order valence-corrected chi connectivity index (χ1v) is 14.5. The summed E-state index contributed by atoms with van der Waals surface area (Å²) in [6.45, 7) is 6.96. The summed E-state index contributed by atoms with van der Waals surface area (Å²) in [4.78, 5) is 27.9. The molecule has 2 saturated heterocycles. The zero-order valence-corrected chi connectivity index (χ0v) is 22.8. The Hall–Kier alpha value is -2.54. The first-order chi connectivity index (χ1) is 18.4. The van der Waals surface area contributed by atoms with Crippen molar-refractivity contribution in [1.82, 2.24) is 15.5 Å². The van der Waals surface area contributed by atoms with Crippen LogP contribution in [0.4, 0.5) is 0 Å². The molecule has 6 nitrogen and oxygen atoms in total. The lowest BCUT2D eigenvalue weighted by Gasteiger charge is -2.48. The number of nitrogens with one attached hydrogen (secondary N) is 2. The molecule has 0 aromatic heterocycles. The van der Waals surface area contributed by atoms with Gasteiger partial charge in [-0.2, -0.15) is 0 Å². The summed E-state index contributed by atoms with van der Waals surface area (Å²) in [5.41, 5.74) is 3.11. The zero-order valence-electron chi connectivity index (χ0n) is 22.8. The Morgan fingerprint density at radius 1 is 1.03 bits per heavy atom. The molecule has 2 aliphatic heterocycles. The van der Waals surface area contributed by atoms with Crippen molar-refractivity contribution in [3.05, 3.63) is 54.1 Å². The molecule has 0 bridgehead atoms. The Labute approximate surface area is 227 Å². The predicted octanol–water partition coefficient (Wildman–Crippen LogP) is 4.84. The van der Waals surface area contributed by atoms with Crippen molar-refractivity contribution in [1.29, 1.82) is 0 Å². The third-order valence-corrected chi connectivity index (χ3v) is 9.18.